The fraction of sp³-hybridized carbons (Fsp3) is 0.308. The standard InChI is InChI=1S/C13H11F3O/c14-13(15,16)12(8-6-11(17)7-9-12)10-4-2-1-3-5-10/h1-6,8H,7,9H2. The molecule has 0 heterocycles. The average molecular weight is 240 g/mol. The van der Waals surface area contributed by atoms with Gasteiger partial charge < -0.3 is 0 Å². The third kappa shape index (κ3) is 1.99. The molecule has 0 radical (unpaired) electrons. The monoisotopic (exact) mass is 240 g/mol. The normalized spacial score (nSPS) is 25.0. The summed E-state index contributed by atoms with van der Waals surface area (Å²) in [7, 11) is 0. The number of allylic oxidation sites excluding steroid dienone is 2. The third-order valence-electron chi connectivity index (χ3n) is 3.11. The van der Waals surface area contributed by atoms with Crippen LogP contribution in [0.25, 0.3) is 0 Å². The molecule has 90 valence electrons. The number of carbonyl (C=O) groups is 1. The summed E-state index contributed by atoms with van der Waals surface area (Å²) in [6.07, 6.45) is -2.62. The van der Waals surface area contributed by atoms with Gasteiger partial charge in [0.15, 0.2) is 5.78 Å². The Morgan fingerprint density at radius 2 is 1.76 bits per heavy atom. The first-order valence-electron chi connectivity index (χ1n) is 5.30. The van der Waals surface area contributed by atoms with Crippen LogP contribution in [0.5, 0.6) is 0 Å². The van der Waals surface area contributed by atoms with E-state index in [-0.39, 0.29) is 24.2 Å². The van der Waals surface area contributed by atoms with Crippen LogP contribution in [-0.4, -0.2) is 12.0 Å². The van der Waals surface area contributed by atoms with Crippen molar-refractivity contribution in [1.29, 1.82) is 0 Å². The molecule has 0 fully saturated rings. The molecule has 2 rings (SSSR count). The smallest absolute Gasteiger partial charge is 0.295 e. The highest BCUT2D eigenvalue weighted by molar-refractivity contribution is 5.91. The van der Waals surface area contributed by atoms with Gasteiger partial charge in [-0.25, -0.2) is 0 Å². The van der Waals surface area contributed by atoms with Crippen LogP contribution < -0.4 is 0 Å². The molecule has 1 unspecified atom stereocenters. The summed E-state index contributed by atoms with van der Waals surface area (Å²) in [5, 5.41) is 0. The molecule has 0 N–H and O–H groups in total. The maximum Gasteiger partial charge on any atom is 0.401 e. The van der Waals surface area contributed by atoms with Gasteiger partial charge in [-0.05, 0) is 18.1 Å². The Labute approximate surface area is 96.9 Å². The quantitative estimate of drug-likeness (QED) is 0.735. The highest BCUT2D eigenvalue weighted by atomic mass is 19.4. The van der Waals surface area contributed by atoms with E-state index in [9.17, 15) is 18.0 Å². The van der Waals surface area contributed by atoms with Crippen molar-refractivity contribution in [3.63, 3.8) is 0 Å². The summed E-state index contributed by atoms with van der Waals surface area (Å²) in [4.78, 5) is 11.1. The zero-order chi connectivity index (χ0) is 12.5. The molecule has 1 nitrogen and oxygen atoms in total. The summed E-state index contributed by atoms with van der Waals surface area (Å²) < 4.78 is 39.7. The van der Waals surface area contributed by atoms with Gasteiger partial charge in [0.2, 0.25) is 0 Å². The van der Waals surface area contributed by atoms with Gasteiger partial charge in [0.25, 0.3) is 0 Å². The minimum absolute atomic E-state index is 0.0646. The second-order valence-electron chi connectivity index (χ2n) is 4.13. The molecule has 1 aromatic carbocycles. The van der Waals surface area contributed by atoms with Gasteiger partial charge in [-0.2, -0.15) is 13.2 Å². The first-order valence-corrected chi connectivity index (χ1v) is 5.30. The number of hydrogen-bond acceptors (Lipinski definition) is 1. The van der Waals surface area contributed by atoms with E-state index in [1.54, 1.807) is 18.2 Å². The average Bonchev–Trinajstić information content (AvgIpc) is 2.30. The molecule has 0 spiro atoms. The van der Waals surface area contributed by atoms with Crippen LogP contribution in [0, 0.1) is 0 Å². The molecule has 0 saturated heterocycles. The summed E-state index contributed by atoms with van der Waals surface area (Å²) in [6, 6.07) is 7.73. The summed E-state index contributed by atoms with van der Waals surface area (Å²) in [6.45, 7) is 0. The Morgan fingerprint density at radius 1 is 1.12 bits per heavy atom. The number of halogens is 3. The number of benzene rings is 1. The van der Waals surface area contributed by atoms with Crippen molar-refractivity contribution in [2.75, 3.05) is 0 Å². The van der Waals surface area contributed by atoms with E-state index in [0.29, 0.717) is 0 Å². The van der Waals surface area contributed by atoms with Crippen molar-refractivity contribution in [2.45, 2.75) is 24.4 Å². The Hall–Kier alpha value is -1.58. The topological polar surface area (TPSA) is 17.1 Å². The maximum absolute atomic E-state index is 13.2. The third-order valence-corrected chi connectivity index (χ3v) is 3.11. The Balaban J connectivity index is 2.54. The molecule has 0 saturated carbocycles. The van der Waals surface area contributed by atoms with Crippen molar-refractivity contribution in [1.82, 2.24) is 0 Å². The first-order chi connectivity index (χ1) is 7.96. The minimum atomic E-state index is -4.38. The Kier molecular flexibility index (Phi) is 2.81. The highest BCUT2D eigenvalue weighted by Gasteiger charge is 2.54. The predicted molar refractivity (Wildman–Crippen MR) is 57.6 cm³/mol. The van der Waals surface area contributed by atoms with Crippen molar-refractivity contribution in [2.24, 2.45) is 0 Å². The Morgan fingerprint density at radius 3 is 2.24 bits per heavy atom. The highest BCUT2D eigenvalue weighted by Crippen LogP contribution is 2.47. The van der Waals surface area contributed by atoms with Gasteiger partial charge in [-0.3, -0.25) is 4.79 Å². The van der Waals surface area contributed by atoms with E-state index < -0.39 is 11.6 Å². The summed E-state index contributed by atoms with van der Waals surface area (Å²) >= 11 is 0. The number of carbonyl (C=O) groups excluding carboxylic acids is 1. The number of hydrogen-bond donors (Lipinski definition) is 0. The molecule has 4 heteroatoms. The molecule has 17 heavy (non-hydrogen) atoms. The van der Waals surface area contributed by atoms with Crippen molar-refractivity contribution < 1.29 is 18.0 Å². The van der Waals surface area contributed by atoms with E-state index >= 15 is 0 Å². The molecule has 0 aliphatic heterocycles. The van der Waals surface area contributed by atoms with E-state index in [0.717, 1.165) is 12.2 Å². The fourth-order valence-electron chi connectivity index (χ4n) is 2.10. The van der Waals surface area contributed by atoms with Crippen molar-refractivity contribution in [3.8, 4) is 0 Å². The van der Waals surface area contributed by atoms with Gasteiger partial charge >= 0.3 is 6.18 Å². The molecule has 1 atom stereocenters. The van der Waals surface area contributed by atoms with E-state index in [2.05, 4.69) is 0 Å². The molecular formula is C13H11F3O. The molecule has 1 aromatic rings. The zero-order valence-corrected chi connectivity index (χ0v) is 9.00. The van der Waals surface area contributed by atoms with E-state index in [1.807, 2.05) is 0 Å². The Bertz CT molecular complexity index is 447. The lowest BCUT2D eigenvalue weighted by Crippen LogP contribution is -2.42. The van der Waals surface area contributed by atoms with Gasteiger partial charge in [0, 0.05) is 6.42 Å². The van der Waals surface area contributed by atoms with E-state index in [1.165, 1.54) is 12.1 Å². The second-order valence-corrected chi connectivity index (χ2v) is 4.13. The molecule has 0 amide bonds. The van der Waals surface area contributed by atoms with Crippen molar-refractivity contribution >= 4 is 5.78 Å². The second kappa shape index (κ2) is 4.02. The lowest BCUT2D eigenvalue weighted by atomic mass is 9.72. The number of alkyl halides is 3. The van der Waals surface area contributed by atoms with Gasteiger partial charge in [-0.1, -0.05) is 36.4 Å². The zero-order valence-electron chi connectivity index (χ0n) is 9.00. The molecule has 0 bridgehead atoms. The number of rotatable bonds is 1. The lowest BCUT2D eigenvalue weighted by Gasteiger charge is -2.35. The molecule has 0 aromatic heterocycles. The van der Waals surface area contributed by atoms with Crippen LogP contribution in [0.1, 0.15) is 18.4 Å². The SMILES string of the molecule is O=C1C=CC(c2ccccc2)(C(F)(F)F)CC1. The van der Waals surface area contributed by atoms with Gasteiger partial charge in [-0.15, -0.1) is 0 Å². The van der Waals surface area contributed by atoms with Crippen LogP contribution in [0.4, 0.5) is 13.2 Å². The molecule has 1 aliphatic carbocycles. The first kappa shape index (κ1) is 11.9. The fourth-order valence-corrected chi connectivity index (χ4v) is 2.10. The lowest BCUT2D eigenvalue weighted by molar-refractivity contribution is -0.179. The van der Waals surface area contributed by atoms with Crippen LogP contribution >= 0.6 is 0 Å². The summed E-state index contributed by atoms with van der Waals surface area (Å²) in [5.41, 5.74) is -1.82. The van der Waals surface area contributed by atoms with Gasteiger partial charge in [0.05, 0.1) is 0 Å². The van der Waals surface area contributed by atoms with Crippen LogP contribution in [0.2, 0.25) is 0 Å². The van der Waals surface area contributed by atoms with Crippen LogP contribution in [-0.2, 0) is 10.2 Å². The van der Waals surface area contributed by atoms with E-state index in [4.69, 9.17) is 0 Å². The van der Waals surface area contributed by atoms with Crippen LogP contribution in [0.3, 0.4) is 0 Å². The molecular weight excluding hydrogens is 229 g/mol. The number of ketones is 1. The largest absolute Gasteiger partial charge is 0.401 e. The maximum atomic E-state index is 13.2. The minimum Gasteiger partial charge on any atom is -0.295 e. The van der Waals surface area contributed by atoms with Crippen LogP contribution in [0.15, 0.2) is 42.5 Å². The van der Waals surface area contributed by atoms with Crippen molar-refractivity contribution in [3.05, 3.63) is 48.0 Å². The van der Waals surface area contributed by atoms with Gasteiger partial charge in [0.1, 0.15) is 5.41 Å². The summed E-state index contributed by atoms with van der Waals surface area (Å²) in [5.74, 6) is -0.249. The molecule has 1 aliphatic rings. The predicted octanol–water partition coefficient (Wildman–Crippen LogP) is 3.41.